The number of rotatable bonds is 3. The van der Waals surface area contributed by atoms with E-state index in [0.29, 0.717) is 10.7 Å². The number of likely N-dealkylation sites (tertiary alicyclic amines) is 1. The van der Waals surface area contributed by atoms with Crippen LogP contribution in [0.3, 0.4) is 0 Å². The number of furan rings is 1. The number of amides is 3. The molecule has 0 aromatic carbocycles. The number of nitrogens with zero attached hydrogens (tertiary/aromatic N) is 2. The molecule has 1 aliphatic rings. The van der Waals surface area contributed by atoms with E-state index < -0.39 is 17.9 Å². The summed E-state index contributed by atoms with van der Waals surface area (Å²) >= 11 is 0. The summed E-state index contributed by atoms with van der Waals surface area (Å²) in [6.07, 6.45) is 0.334. The Morgan fingerprint density at radius 1 is 1.53 bits per heavy atom. The van der Waals surface area contributed by atoms with Gasteiger partial charge in [-0.05, 0) is 19.1 Å². The van der Waals surface area contributed by atoms with Gasteiger partial charge in [-0.2, -0.15) is 4.90 Å². The highest BCUT2D eigenvalue weighted by Crippen LogP contribution is 2.13. The van der Waals surface area contributed by atoms with Crippen LogP contribution in [0.4, 0.5) is 4.79 Å². The first-order valence-corrected chi connectivity index (χ1v) is 5.73. The van der Waals surface area contributed by atoms with Crippen molar-refractivity contribution in [2.75, 3.05) is 6.61 Å². The quantitative estimate of drug-likeness (QED) is 0.763. The van der Waals surface area contributed by atoms with E-state index in [9.17, 15) is 14.4 Å². The first-order valence-electron chi connectivity index (χ1n) is 5.73. The highest BCUT2D eigenvalue weighted by molar-refractivity contribution is 6.51. The molecule has 1 aromatic heterocycles. The fourth-order valence-corrected chi connectivity index (χ4v) is 1.61. The zero-order valence-corrected chi connectivity index (χ0v) is 10.3. The van der Waals surface area contributed by atoms with Crippen LogP contribution in [0.1, 0.15) is 19.1 Å². The topological polar surface area (TPSA) is 89.2 Å². The monoisotopic (exact) mass is 264 g/mol. The van der Waals surface area contributed by atoms with Crippen molar-refractivity contribution < 1.29 is 23.5 Å². The van der Waals surface area contributed by atoms with Crippen molar-refractivity contribution in [1.29, 1.82) is 0 Å². The second kappa shape index (κ2) is 5.47. The minimum Gasteiger partial charge on any atom is -0.467 e. The molecule has 100 valence electrons. The van der Waals surface area contributed by atoms with Gasteiger partial charge in [0, 0.05) is 0 Å². The first kappa shape index (κ1) is 13.0. The summed E-state index contributed by atoms with van der Waals surface area (Å²) in [5, 5.41) is 0. The van der Waals surface area contributed by atoms with Crippen LogP contribution in [-0.4, -0.2) is 35.1 Å². The van der Waals surface area contributed by atoms with E-state index >= 15 is 0 Å². The summed E-state index contributed by atoms with van der Waals surface area (Å²) in [5.41, 5.74) is 0.0365. The lowest BCUT2D eigenvalue weighted by molar-refractivity contribution is -0.134. The van der Waals surface area contributed by atoms with Gasteiger partial charge in [0.1, 0.15) is 11.5 Å². The van der Waals surface area contributed by atoms with Crippen molar-refractivity contribution in [2.45, 2.75) is 19.9 Å². The minimum atomic E-state index is -0.958. The van der Waals surface area contributed by atoms with Crippen molar-refractivity contribution in [3.63, 3.8) is 0 Å². The third kappa shape index (κ3) is 2.70. The highest BCUT2D eigenvalue weighted by atomic mass is 16.6. The molecule has 0 unspecified atom stereocenters. The molecule has 0 aliphatic carbocycles. The Hall–Kier alpha value is -2.44. The van der Waals surface area contributed by atoms with Gasteiger partial charge in [0.2, 0.25) is 5.91 Å². The zero-order valence-electron chi connectivity index (χ0n) is 10.3. The largest absolute Gasteiger partial charge is 0.467 e. The van der Waals surface area contributed by atoms with Crippen molar-refractivity contribution in [1.82, 2.24) is 4.90 Å². The molecular weight excluding hydrogens is 252 g/mol. The number of hydrogen-bond donors (Lipinski definition) is 0. The Bertz CT molecular complexity index is 532. The number of carbonyl (C=O) groups is 3. The third-order valence-corrected chi connectivity index (χ3v) is 2.47. The molecule has 0 N–H and O–H groups in total. The Kier molecular flexibility index (Phi) is 3.74. The number of hydrogen-bond acceptors (Lipinski definition) is 6. The molecule has 0 bridgehead atoms. The standard InChI is InChI=1S/C12H12N2O5/c1-2-18-12(17)14-10(15)6-9(11(14)16)13-7-8-4-3-5-19-8/h3-5H,2,6-7H2,1H3. The Morgan fingerprint density at radius 2 is 2.32 bits per heavy atom. The van der Waals surface area contributed by atoms with Gasteiger partial charge in [-0.25, -0.2) is 4.79 Å². The molecule has 1 fully saturated rings. The maximum Gasteiger partial charge on any atom is 0.423 e. The summed E-state index contributed by atoms with van der Waals surface area (Å²) in [4.78, 5) is 39.3. The van der Waals surface area contributed by atoms with E-state index in [0.717, 1.165) is 0 Å². The maximum atomic E-state index is 11.8. The zero-order chi connectivity index (χ0) is 13.8. The predicted octanol–water partition coefficient (Wildman–Crippen LogP) is 1.14. The van der Waals surface area contributed by atoms with E-state index in [-0.39, 0.29) is 25.3 Å². The van der Waals surface area contributed by atoms with E-state index in [1.165, 1.54) is 6.26 Å². The molecule has 2 heterocycles. The lowest BCUT2D eigenvalue weighted by Crippen LogP contribution is -2.37. The number of imide groups is 3. The minimum absolute atomic E-state index is 0.0365. The lowest BCUT2D eigenvalue weighted by Gasteiger charge is -2.09. The van der Waals surface area contributed by atoms with Crippen LogP contribution in [-0.2, 0) is 20.9 Å². The fraction of sp³-hybridized carbons (Fsp3) is 0.333. The van der Waals surface area contributed by atoms with E-state index in [2.05, 4.69) is 9.73 Å². The third-order valence-electron chi connectivity index (χ3n) is 2.47. The second-order valence-electron chi connectivity index (χ2n) is 3.75. The Labute approximate surface area is 108 Å². The molecule has 0 radical (unpaired) electrons. The van der Waals surface area contributed by atoms with Gasteiger partial charge < -0.3 is 9.15 Å². The second-order valence-corrected chi connectivity index (χ2v) is 3.75. The molecule has 3 amide bonds. The summed E-state index contributed by atoms with van der Waals surface area (Å²) in [6.45, 7) is 1.83. The van der Waals surface area contributed by atoms with Gasteiger partial charge in [-0.3, -0.25) is 14.6 Å². The molecule has 0 spiro atoms. The van der Waals surface area contributed by atoms with Crippen LogP contribution in [0.25, 0.3) is 0 Å². The molecular formula is C12H12N2O5. The van der Waals surface area contributed by atoms with E-state index in [1.807, 2.05) is 0 Å². The van der Waals surface area contributed by atoms with Gasteiger partial charge in [-0.15, -0.1) is 0 Å². The lowest BCUT2D eigenvalue weighted by atomic mass is 10.3. The molecule has 1 aliphatic heterocycles. The average Bonchev–Trinajstić information content (AvgIpc) is 2.96. The SMILES string of the molecule is CCOC(=O)N1C(=O)CC(=NCc2ccco2)C1=O. The van der Waals surface area contributed by atoms with Crippen LogP contribution in [0.5, 0.6) is 0 Å². The van der Waals surface area contributed by atoms with E-state index in [4.69, 9.17) is 4.42 Å². The molecule has 7 nitrogen and oxygen atoms in total. The van der Waals surface area contributed by atoms with Gasteiger partial charge in [0.25, 0.3) is 5.91 Å². The molecule has 0 atom stereocenters. The summed E-state index contributed by atoms with van der Waals surface area (Å²) in [5.74, 6) is -0.779. The van der Waals surface area contributed by atoms with Gasteiger partial charge in [0.05, 0.1) is 25.8 Å². The Morgan fingerprint density at radius 3 is 2.95 bits per heavy atom. The van der Waals surface area contributed by atoms with E-state index in [1.54, 1.807) is 19.1 Å². The van der Waals surface area contributed by atoms with Crippen LogP contribution >= 0.6 is 0 Å². The molecule has 1 aromatic rings. The molecule has 1 saturated heterocycles. The fourth-order valence-electron chi connectivity index (χ4n) is 1.61. The van der Waals surface area contributed by atoms with Crippen LogP contribution in [0.2, 0.25) is 0 Å². The summed E-state index contributed by atoms with van der Waals surface area (Å²) in [7, 11) is 0. The van der Waals surface area contributed by atoms with Crippen LogP contribution in [0, 0.1) is 0 Å². The van der Waals surface area contributed by atoms with Crippen LogP contribution < -0.4 is 0 Å². The average molecular weight is 264 g/mol. The smallest absolute Gasteiger partial charge is 0.423 e. The highest BCUT2D eigenvalue weighted by Gasteiger charge is 2.40. The van der Waals surface area contributed by atoms with Gasteiger partial charge in [0.15, 0.2) is 0 Å². The molecule has 0 saturated carbocycles. The van der Waals surface area contributed by atoms with Gasteiger partial charge in [-0.1, -0.05) is 0 Å². The van der Waals surface area contributed by atoms with Crippen molar-refractivity contribution in [3.05, 3.63) is 24.2 Å². The Balaban J connectivity index is 2.09. The predicted molar refractivity (Wildman–Crippen MR) is 63.3 cm³/mol. The van der Waals surface area contributed by atoms with Crippen molar-refractivity contribution in [2.24, 2.45) is 4.99 Å². The van der Waals surface area contributed by atoms with Crippen LogP contribution in [0.15, 0.2) is 27.8 Å². The number of carbonyl (C=O) groups excluding carboxylic acids is 3. The number of ether oxygens (including phenoxy) is 1. The molecule has 2 rings (SSSR count). The summed E-state index contributed by atoms with van der Waals surface area (Å²) < 4.78 is 9.70. The molecule has 7 heteroatoms. The van der Waals surface area contributed by atoms with Crippen molar-refractivity contribution in [3.8, 4) is 0 Å². The summed E-state index contributed by atoms with van der Waals surface area (Å²) in [6, 6.07) is 3.40. The molecule has 19 heavy (non-hydrogen) atoms. The van der Waals surface area contributed by atoms with Gasteiger partial charge >= 0.3 is 6.09 Å². The maximum absolute atomic E-state index is 11.8. The normalized spacial score (nSPS) is 17.3. The number of aliphatic imine (C=N–C) groups is 1. The van der Waals surface area contributed by atoms with Crippen molar-refractivity contribution >= 4 is 23.6 Å². The first-order chi connectivity index (χ1) is 9.13.